The van der Waals surface area contributed by atoms with Gasteiger partial charge >= 0.3 is 0 Å². The molecule has 34 heavy (non-hydrogen) atoms. The van der Waals surface area contributed by atoms with Crippen LogP contribution in [0.2, 0.25) is 0 Å². The summed E-state index contributed by atoms with van der Waals surface area (Å²) < 4.78 is 12.3. The first-order valence-corrected chi connectivity index (χ1v) is 12.0. The predicted octanol–water partition coefficient (Wildman–Crippen LogP) is 2.80. The Morgan fingerprint density at radius 2 is 1.79 bits per heavy atom. The Labute approximate surface area is 202 Å². The molecule has 3 rings (SSSR count). The van der Waals surface area contributed by atoms with Crippen molar-refractivity contribution in [2.75, 3.05) is 40.4 Å². The summed E-state index contributed by atoms with van der Waals surface area (Å²) >= 11 is 0. The highest BCUT2D eigenvalue weighted by atomic mass is 16.5. The maximum atomic E-state index is 13.1. The Balaban J connectivity index is 1.61. The molecule has 1 aromatic carbocycles. The van der Waals surface area contributed by atoms with Crippen molar-refractivity contribution >= 4 is 11.8 Å². The van der Waals surface area contributed by atoms with Crippen LogP contribution in [0.3, 0.4) is 0 Å². The molecular weight excluding hydrogens is 434 g/mol. The average molecular weight is 472 g/mol. The molecule has 1 atom stereocenters. The predicted molar refractivity (Wildman–Crippen MR) is 130 cm³/mol. The number of amides is 2. The van der Waals surface area contributed by atoms with Crippen molar-refractivity contribution in [3.05, 3.63) is 41.2 Å². The zero-order valence-electron chi connectivity index (χ0n) is 21.0. The second kappa shape index (κ2) is 11.9. The molecule has 0 radical (unpaired) electrons. The molecule has 0 bridgehead atoms. The molecule has 0 aliphatic carbocycles. The van der Waals surface area contributed by atoms with Gasteiger partial charge < -0.3 is 24.6 Å². The third-order valence-electron chi connectivity index (χ3n) is 6.27. The van der Waals surface area contributed by atoms with E-state index in [2.05, 4.69) is 29.2 Å². The Bertz CT molecular complexity index is 963. The minimum Gasteiger partial charge on any atom is -0.497 e. The fourth-order valence-electron chi connectivity index (χ4n) is 4.21. The largest absolute Gasteiger partial charge is 0.497 e. The first kappa shape index (κ1) is 25.6. The van der Waals surface area contributed by atoms with Gasteiger partial charge in [-0.2, -0.15) is 5.10 Å². The normalized spacial score (nSPS) is 14.2. The van der Waals surface area contributed by atoms with Crippen molar-refractivity contribution in [1.29, 1.82) is 0 Å². The van der Waals surface area contributed by atoms with E-state index in [0.717, 1.165) is 38.0 Å². The highest BCUT2D eigenvalue weighted by Gasteiger charge is 2.28. The molecule has 0 saturated carbocycles. The highest BCUT2D eigenvalue weighted by molar-refractivity contribution is 5.98. The van der Waals surface area contributed by atoms with Gasteiger partial charge in [-0.05, 0) is 57.1 Å². The number of hydrogen-bond acceptors (Lipinski definition) is 6. The summed E-state index contributed by atoms with van der Waals surface area (Å²) in [5.74, 6) is 0.962. The van der Waals surface area contributed by atoms with Crippen LogP contribution in [0.4, 0.5) is 0 Å². The number of carbonyl (C=O) groups excluding carboxylic acids is 2. The van der Waals surface area contributed by atoms with Gasteiger partial charge in [-0.3, -0.25) is 14.3 Å². The number of rotatable bonds is 12. The third-order valence-corrected chi connectivity index (χ3v) is 6.27. The maximum Gasteiger partial charge on any atom is 0.272 e. The summed E-state index contributed by atoms with van der Waals surface area (Å²) in [6.07, 6.45) is 1.91. The summed E-state index contributed by atoms with van der Waals surface area (Å²) in [6.45, 7) is 10.9. The molecule has 1 unspecified atom stereocenters. The van der Waals surface area contributed by atoms with Gasteiger partial charge in [-0.1, -0.05) is 13.8 Å². The third kappa shape index (κ3) is 6.28. The van der Waals surface area contributed by atoms with Gasteiger partial charge in [0.1, 0.15) is 17.2 Å². The summed E-state index contributed by atoms with van der Waals surface area (Å²) in [6, 6.07) is 7.21. The van der Waals surface area contributed by atoms with E-state index in [9.17, 15) is 9.59 Å². The summed E-state index contributed by atoms with van der Waals surface area (Å²) in [7, 11) is 3.20. The quantitative estimate of drug-likeness (QED) is 0.512. The van der Waals surface area contributed by atoms with Gasteiger partial charge in [0.05, 0.1) is 20.8 Å². The molecule has 2 aromatic rings. The van der Waals surface area contributed by atoms with E-state index in [1.54, 1.807) is 35.9 Å². The van der Waals surface area contributed by atoms with Crippen molar-refractivity contribution in [1.82, 2.24) is 24.9 Å². The van der Waals surface area contributed by atoms with Gasteiger partial charge in [0.25, 0.3) is 11.8 Å². The number of benzene rings is 1. The molecule has 9 heteroatoms. The van der Waals surface area contributed by atoms with Gasteiger partial charge in [0.15, 0.2) is 5.69 Å². The number of nitrogens with zero attached hydrogens (tertiary/aromatic N) is 4. The summed E-state index contributed by atoms with van der Waals surface area (Å²) in [5, 5.41) is 7.41. The minimum atomic E-state index is -0.242. The van der Waals surface area contributed by atoms with Crippen LogP contribution >= 0.6 is 0 Å². The van der Waals surface area contributed by atoms with Crippen LogP contribution in [-0.4, -0.2) is 77.8 Å². The smallest absolute Gasteiger partial charge is 0.272 e. The van der Waals surface area contributed by atoms with Crippen molar-refractivity contribution in [3.63, 3.8) is 0 Å². The van der Waals surface area contributed by atoms with Crippen LogP contribution in [0, 0.1) is 0 Å². The first-order chi connectivity index (χ1) is 16.4. The van der Waals surface area contributed by atoms with Gasteiger partial charge in [-0.15, -0.1) is 0 Å². The molecule has 2 amide bonds. The highest BCUT2D eigenvalue weighted by Crippen LogP contribution is 2.25. The lowest BCUT2D eigenvalue weighted by atomic mass is 10.1. The van der Waals surface area contributed by atoms with Crippen LogP contribution in [0.5, 0.6) is 11.5 Å². The number of fused-ring (bicyclic) bond motifs is 1. The van der Waals surface area contributed by atoms with E-state index in [0.29, 0.717) is 36.8 Å². The number of methoxy groups -OCH3 is 2. The van der Waals surface area contributed by atoms with E-state index in [1.165, 1.54) is 0 Å². The standard InChI is InChI=1S/C25H37N5O4/c1-6-28(7-2)10-8-9-18(3)26-24(31)22-16-23-25(32)29(11-12-30(23)27-22)17-19-13-20(33-4)15-21(14-19)34-5/h13-16,18H,6-12,17H2,1-5H3,(H,26,31). The molecular formula is C25H37N5O4. The molecule has 0 spiro atoms. The van der Waals surface area contributed by atoms with Crippen molar-refractivity contribution in [2.24, 2.45) is 0 Å². The van der Waals surface area contributed by atoms with Crippen LogP contribution in [0.15, 0.2) is 24.3 Å². The van der Waals surface area contributed by atoms with E-state index >= 15 is 0 Å². The average Bonchev–Trinajstić information content (AvgIpc) is 3.29. The van der Waals surface area contributed by atoms with Crippen LogP contribution in [0.25, 0.3) is 0 Å². The lowest BCUT2D eigenvalue weighted by Gasteiger charge is -2.27. The van der Waals surface area contributed by atoms with Gasteiger partial charge in [0.2, 0.25) is 0 Å². The van der Waals surface area contributed by atoms with Crippen LogP contribution in [0.1, 0.15) is 60.2 Å². The van der Waals surface area contributed by atoms with Crippen molar-refractivity contribution in [3.8, 4) is 11.5 Å². The van der Waals surface area contributed by atoms with Crippen LogP contribution in [-0.2, 0) is 13.1 Å². The summed E-state index contributed by atoms with van der Waals surface area (Å²) in [4.78, 5) is 30.0. The minimum absolute atomic E-state index is 0.0389. The van der Waals surface area contributed by atoms with Crippen LogP contribution < -0.4 is 14.8 Å². The number of carbonyl (C=O) groups is 2. The molecule has 1 aliphatic heterocycles. The molecule has 2 heterocycles. The molecule has 9 nitrogen and oxygen atoms in total. The molecule has 0 fully saturated rings. The first-order valence-electron chi connectivity index (χ1n) is 12.0. The molecule has 1 aliphatic rings. The molecule has 1 aromatic heterocycles. The number of ether oxygens (including phenoxy) is 2. The van der Waals surface area contributed by atoms with E-state index in [-0.39, 0.29) is 23.6 Å². The number of aromatic nitrogens is 2. The second-order valence-corrected chi connectivity index (χ2v) is 8.63. The SMILES string of the molecule is CCN(CC)CCCC(C)NC(=O)c1cc2n(n1)CCN(Cc1cc(OC)cc(OC)c1)C2=O. The van der Waals surface area contributed by atoms with Crippen molar-refractivity contribution in [2.45, 2.75) is 52.7 Å². The second-order valence-electron chi connectivity index (χ2n) is 8.63. The van der Waals surface area contributed by atoms with E-state index < -0.39 is 0 Å². The lowest BCUT2D eigenvalue weighted by molar-refractivity contribution is 0.0682. The van der Waals surface area contributed by atoms with E-state index in [1.807, 2.05) is 19.1 Å². The van der Waals surface area contributed by atoms with E-state index in [4.69, 9.17) is 9.47 Å². The Morgan fingerprint density at radius 3 is 2.41 bits per heavy atom. The Morgan fingerprint density at radius 1 is 1.12 bits per heavy atom. The summed E-state index contributed by atoms with van der Waals surface area (Å²) in [5.41, 5.74) is 1.62. The zero-order chi connectivity index (χ0) is 24.7. The zero-order valence-corrected chi connectivity index (χ0v) is 21.0. The lowest BCUT2D eigenvalue weighted by Crippen LogP contribution is -2.39. The number of nitrogens with one attached hydrogen (secondary N) is 1. The molecule has 0 saturated heterocycles. The Kier molecular flexibility index (Phi) is 8.92. The number of hydrogen-bond donors (Lipinski definition) is 1. The fraction of sp³-hybridized carbons (Fsp3) is 0.560. The Hall–Kier alpha value is -3.07. The topological polar surface area (TPSA) is 88.9 Å². The van der Waals surface area contributed by atoms with Gasteiger partial charge in [-0.25, -0.2) is 0 Å². The molecule has 186 valence electrons. The maximum absolute atomic E-state index is 13.1. The van der Waals surface area contributed by atoms with Crippen molar-refractivity contribution < 1.29 is 19.1 Å². The monoisotopic (exact) mass is 471 g/mol. The molecule has 1 N–H and O–H groups in total. The van der Waals surface area contributed by atoms with Gasteiger partial charge in [0, 0.05) is 31.3 Å². The fourth-order valence-corrected chi connectivity index (χ4v) is 4.21.